The number of rotatable bonds is 7. The number of hydrogen-bond donors (Lipinski definition) is 1. The van der Waals surface area contributed by atoms with Crippen LogP contribution in [-0.2, 0) is 11.3 Å². The zero-order valence-electron chi connectivity index (χ0n) is 18.3. The molecule has 1 atom stereocenters. The molecule has 0 bridgehead atoms. The van der Waals surface area contributed by atoms with Crippen molar-refractivity contribution < 1.29 is 14.3 Å². The van der Waals surface area contributed by atoms with Gasteiger partial charge in [-0.2, -0.15) is 0 Å². The van der Waals surface area contributed by atoms with E-state index in [1.165, 1.54) is 15.6 Å². The molecule has 2 aromatic carbocycles. The van der Waals surface area contributed by atoms with Gasteiger partial charge in [-0.3, -0.25) is 14.6 Å². The minimum atomic E-state index is -0.197. The van der Waals surface area contributed by atoms with Crippen molar-refractivity contribution in [3.8, 4) is 11.5 Å². The average Bonchev–Trinajstić information content (AvgIpc) is 3.21. The van der Waals surface area contributed by atoms with E-state index in [2.05, 4.69) is 44.8 Å². The minimum Gasteiger partial charge on any atom is -0.493 e. The summed E-state index contributed by atoms with van der Waals surface area (Å²) in [5.74, 6) is 1.23. The van der Waals surface area contributed by atoms with Gasteiger partial charge in [0.1, 0.15) is 0 Å². The van der Waals surface area contributed by atoms with E-state index in [1.54, 1.807) is 26.4 Å². The lowest BCUT2D eigenvalue weighted by molar-refractivity contribution is -0.121. The number of ether oxygens (including phenoxy) is 2. The molecule has 3 aromatic rings. The Morgan fingerprint density at radius 3 is 2.55 bits per heavy atom. The second kappa shape index (κ2) is 9.68. The molecule has 1 saturated heterocycles. The third-order valence-corrected chi connectivity index (χ3v) is 6.95. The summed E-state index contributed by atoms with van der Waals surface area (Å²) in [6.45, 7) is 6.60. The Kier molecular flexibility index (Phi) is 6.75. The molecule has 6 nitrogen and oxygen atoms in total. The molecule has 0 saturated carbocycles. The topological polar surface area (TPSA) is 54.0 Å². The highest BCUT2D eigenvalue weighted by Crippen LogP contribution is 2.30. The molecule has 1 aliphatic heterocycles. The molecule has 0 spiro atoms. The van der Waals surface area contributed by atoms with Crippen molar-refractivity contribution in [2.45, 2.75) is 19.5 Å². The number of nitrogens with one attached hydrogen (secondary N) is 1. The molecule has 1 aliphatic rings. The molecular formula is C24H29N3O3S. The summed E-state index contributed by atoms with van der Waals surface area (Å²) in [6.07, 6.45) is 0. The maximum atomic E-state index is 12.8. The lowest BCUT2D eigenvalue weighted by atomic mass is 10.1. The predicted molar refractivity (Wildman–Crippen MR) is 126 cm³/mol. The van der Waals surface area contributed by atoms with Crippen molar-refractivity contribution in [1.82, 2.24) is 9.80 Å². The van der Waals surface area contributed by atoms with Gasteiger partial charge in [-0.1, -0.05) is 18.2 Å². The summed E-state index contributed by atoms with van der Waals surface area (Å²) in [7, 11) is 3.18. The lowest BCUT2D eigenvalue weighted by Crippen LogP contribution is -2.52. The van der Waals surface area contributed by atoms with Crippen LogP contribution in [0.4, 0.5) is 5.69 Å². The fraction of sp³-hybridized carbons (Fsp3) is 0.375. The van der Waals surface area contributed by atoms with Gasteiger partial charge in [-0.15, -0.1) is 11.3 Å². The molecule has 0 radical (unpaired) electrons. The van der Waals surface area contributed by atoms with Crippen molar-refractivity contribution in [1.29, 1.82) is 0 Å². The maximum absolute atomic E-state index is 12.8. The highest BCUT2D eigenvalue weighted by molar-refractivity contribution is 7.17. The Morgan fingerprint density at radius 2 is 1.81 bits per heavy atom. The molecule has 2 heterocycles. The average molecular weight is 440 g/mol. The number of hydrogen-bond acceptors (Lipinski definition) is 6. The number of amides is 1. The first-order valence-electron chi connectivity index (χ1n) is 10.5. The molecule has 0 aliphatic carbocycles. The number of anilines is 1. The van der Waals surface area contributed by atoms with Crippen molar-refractivity contribution in [3.05, 3.63) is 53.4 Å². The van der Waals surface area contributed by atoms with Gasteiger partial charge in [0.15, 0.2) is 11.5 Å². The first-order chi connectivity index (χ1) is 15.1. The zero-order valence-corrected chi connectivity index (χ0v) is 19.1. The second-order valence-corrected chi connectivity index (χ2v) is 8.72. The number of carbonyl (C=O) groups is 1. The van der Waals surface area contributed by atoms with E-state index >= 15 is 0 Å². The number of carbonyl (C=O) groups excluding carboxylic acids is 1. The van der Waals surface area contributed by atoms with Gasteiger partial charge >= 0.3 is 0 Å². The van der Waals surface area contributed by atoms with E-state index in [0.717, 1.165) is 32.7 Å². The van der Waals surface area contributed by atoms with E-state index in [0.29, 0.717) is 17.2 Å². The quantitative estimate of drug-likeness (QED) is 0.602. The number of benzene rings is 2. The van der Waals surface area contributed by atoms with Gasteiger partial charge in [0.2, 0.25) is 5.91 Å². The van der Waals surface area contributed by atoms with Crippen molar-refractivity contribution in [3.63, 3.8) is 0 Å². The van der Waals surface area contributed by atoms with E-state index < -0.39 is 0 Å². The van der Waals surface area contributed by atoms with Crippen LogP contribution in [0.2, 0.25) is 0 Å². The third kappa shape index (κ3) is 4.84. The SMILES string of the molecule is COc1ccc(NC(=O)[C@H](C)N2CCN(Cc3csc4ccccc34)CC2)cc1OC. The minimum absolute atomic E-state index is 0.00972. The van der Waals surface area contributed by atoms with Gasteiger partial charge < -0.3 is 14.8 Å². The number of methoxy groups -OCH3 is 2. The highest BCUT2D eigenvalue weighted by Gasteiger charge is 2.26. The van der Waals surface area contributed by atoms with E-state index in [9.17, 15) is 4.79 Å². The van der Waals surface area contributed by atoms with Crippen LogP contribution in [0.5, 0.6) is 11.5 Å². The zero-order chi connectivity index (χ0) is 21.8. The summed E-state index contributed by atoms with van der Waals surface area (Å²) in [5.41, 5.74) is 2.10. The molecule has 1 amide bonds. The first kappa shape index (κ1) is 21.6. The van der Waals surface area contributed by atoms with Crippen LogP contribution < -0.4 is 14.8 Å². The van der Waals surface area contributed by atoms with Crippen molar-refractivity contribution in [2.75, 3.05) is 45.7 Å². The standard InChI is InChI=1S/C24H29N3O3S/c1-17(24(28)25-19-8-9-21(29-2)22(14-19)30-3)27-12-10-26(11-13-27)15-18-16-31-23-7-5-4-6-20(18)23/h4-9,14,16-17H,10-13,15H2,1-3H3,(H,25,28)/t17-/m0/s1. The fourth-order valence-electron chi connectivity index (χ4n) is 4.03. The molecule has 1 aromatic heterocycles. The summed E-state index contributed by atoms with van der Waals surface area (Å²) in [5, 5.41) is 6.64. The monoisotopic (exact) mass is 439 g/mol. The Labute approximate surface area is 187 Å². The van der Waals surface area contributed by atoms with Gasteiger partial charge in [0.25, 0.3) is 0 Å². The number of piperazine rings is 1. The van der Waals surface area contributed by atoms with Gasteiger partial charge in [0.05, 0.1) is 20.3 Å². The van der Waals surface area contributed by atoms with Crippen molar-refractivity contribution in [2.24, 2.45) is 0 Å². The molecular weight excluding hydrogens is 410 g/mol. The molecule has 7 heteroatoms. The second-order valence-electron chi connectivity index (χ2n) is 7.80. The summed E-state index contributed by atoms with van der Waals surface area (Å²) >= 11 is 1.81. The number of thiophene rings is 1. The van der Waals surface area contributed by atoms with Crippen LogP contribution in [0.25, 0.3) is 10.1 Å². The lowest BCUT2D eigenvalue weighted by Gasteiger charge is -2.37. The molecule has 1 fully saturated rings. The third-order valence-electron chi connectivity index (χ3n) is 5.94. The summed E-state index contributed by atoms with van der Waals surface area (Å²) < 4.78 is 11.9. The van der Waals surface area contributed by atoms with Crippen LogP contribution in [0.15, 0.2) is 47.8 Å². The van der Waals surface area contributed by atoms with Crippen LogP contribution >= 0.6 is 11.3 Å². The Balaban J connectivity index is 1.31. The smallest absolute Gasteiger partial charge is 0.241 e. The Hall–Kier alpha value is -2.61. The highest BCUT2D eigenvalue weighted by atomic mass is 32.1. The van der Waals surface area contributed by atoms with Gasteiger partial charge in [-0.25, -0.2) is 0 Å². The molecule has 31 heavy (non-hydrogen) atoms. The number of fused-ring (bicyclic) bond motifs is 1. The molecule has 1 N–H and O–H groups in total. The fourth-order valence-corrected chi connectivity index (χ4v) is 4.99. The van der Waals surface area contributed by atoms with Crippen LogP contribution in [0.1, 0.15) is 12.5 Å². The van der Waals surface area contributed by atoms with Crippen LogP contribution in [0.3, 0.4) is 0 Å². The Bertz CT molecular complexity index is 1040. The Morgan fingerprint density at radius 1 is 1.06 bits per heavy atom. The van der Waals surface area contributed by atoms with Crippen LogP contribution in [-0.4, -0.2) is 62.1 Å². The van der Waals surface area contributed by atoms with E-state index in [-0.39, 0.29) is 11.9 Å². The maximum Gasteiger partial charge on any atom is 0.241 e. The van der Waals surface area contributed by atoms with Crippen molar-refractivity contribution >= 4 is 33.0 Å². The van der Waals surface area contributed by atoms with E-state index in [1.807, 2.05) is 24.3 Å². The normalized spacial score (nSPS) is 16.2. The largest absolute Gasteiger partial charge is 0.493 e. The van der Waals surface area contributed by atoms with E-state index in [4.69, 9.17) is 9.47 Å². The predicted octanol–water partition coefficient (Wildman–Crippen LogP) is 4.06. The first-order valence-corrected chi connectivity index (χ1v) is 11.4. The van der Waals surface area contributed by atoms with Crippen LogP contribution in [0, 0.1) is 0 Å². The molecule has 164 valence electrons. The summed E-state index contributed by atoms with van der Waals surface area (Å²) in [4.78, 5) is 17.5. The van der Waals surface area contributed by atoms with Gasteiger partial charge in [0, 0.05) is 49.2 Å². The molecule has 4 rings (SSSR count). The number of nitrogens with zero attached hydrogens (tertiary/aromatic N) is 2. The van der Waals surface area contributed by atoms with Gasteiger partial charge in [-0.05, 0) is 41.5 Å². The summed E-state index contributed by atoms with van der Waals surface area (Å²) in [6, 6.07) is 13.8. The molecule has 0 unspecified atom stereocenters.